The summed E-state index contributed by atoms with van der Waals surface area (Å²) in [5.41, 5.74) is 2.12. The summed E-state index contributed by atoms with van der Waals surface area (Å²) < 4.78 is 0. The van der Waals surface area contributed by atoms with E-state index in [0.29, 0.717) is 6.04 Å². The van der Waals surface area contributed by atoms with Crippen LogP contribution < -0.4 is 5.32 Å². The number of rotatable bonds is 4. The minimum Gasteiger partial charge on any atom is -0.392 e. The lowest BCUT2D eigenvalue weighted by Gasteiger charge is -2.17. The van der Waals surface area contributed by atoms with Gasteiger partial charge in [-0.05, 0) is 37.0 Å². The van der Waals surface area contributed by atoms with Gasteiger partial charge in [-0.15, -0.1) is 0 Å². The highest BCUT2D eigenvalue weighted by Crippen LogP contribution is 2.30. The summed E-state index contributed by atoms with van der Waals surface area (Å²) in [6.45, 7) is 2.53. The van der Waals surface area contributed by atoms with Crippen molar-refractivity contribution in [3.63, 3.8) is 0 Å². The molecule has 0 radical (unpaired) electrons. The Morgan fingerprint density at radius 2 is 2.18 bits per heavy atom. The molecule has 3 rings (SSSR count). The number of nitrogens with one attached hydrogen (secondary N) is 1. The maximum Gasteiger partial charge on any atom is 0.0682 e. The summed E-state index contributed by atoms with van der Waals surface area (Å²) in [5.74, 6) is 0. The summed E-state index contributed by atoms with van der Waals surface area (Å²) in [6.07, 6.45) is 4.03. The molecule has 1 saturated carbocycles. The topological polar surface area (TPSA) is 35.5 Å². The number of aliphatic hydroxyl groups excluding tert-OH is 1. The smallest absolute Gasteiger partial charge is 0.0682 e. The zero-order valence-electron chi connectivity index (χ0n) is 10.1. The first-order valence-corrected chi connectivity index (χ1v) is 6.55. The maximum absolute atomic E-state index is 9.11. The molecule has 1 saturated heterocycles. The predicted octanol–water partition coefficient (Wildman–Crippen LogP) is 1.83. The molecule has 0 aromatic heterocycles. The number of hydrogen-bond donors (Lipinski definition) is 2. The van der Waals surface area contributed by atoms with Crippen LogP contribution in [0, 0.1) is 0 Å². The molecule has 2 fully saturated rings. The average Bonchev–Trinajstić information content (AvgIpc) is 3.11. The highest BCUT2D eigenvalue weighted by atomic mass is 16.3. The van der Waals surface area contributed by atoms with E-state index in [0.717, 1.165) is 17.3 Å². The number of hydrogen-bond acceptors (Lipinski definition) is 3. The second-order valence-corrected chi connectivity index (χ2v) is 5.21. The van der Waals surface area contributed by atoms with E-state index in [4.69, 9.17) is 5.11 Å². The minimum absolute atomic E-state index is 0.119. The van der Waals surface area contributed by atoms with Gasteiger partial charge in [0.2, 0.25) is 0 Å². The third kappa shape index (κ3) is 2.61. The lowest BCUT2D eigenvalue weighted by atomic mass is 10.2. The molecule has 92 valence electrons. The normalized spacial score (nSPS) is 25.1. The molecule has 1 heterocycles. The molecule has 17 heavy (non-hydrogen) atoms. The molecule has 1 aromatic rings. The second kappa shape index (κ2) is 4.67. The summed E-state index contributed by atoms with van der Waals surface area (Å²) in [4.78, 5) is 2.60. The lowest BCUT2D eigenvalue weighted by Crippen LogP contribution is -2.27. The average molecular weight is 232 g/mol. The van der Waals surface area contributed by atoms with Crippen molar-refractivity contribution in [2.24, 2.45) is 0 Å². The van der Waals surface area contributed by atoms with E-state index in [9.17, 15) is 0 Å². The van der Waals surface area contributed by atoms with Crippen LogP contribution in [0.2, 0.25) is 0 Å². The molecular weight excluding hydrogens is 212 g/mol. The van der Waals surface area contributed by atoms with Gasteiger partial charge in [0, 0.05) is 30.9 Å². The van der Waals surface area contributed by atoms with Crippen LogP contribution >= 0.6 is 0 Å². The van der Waals surface area contributed by atoms with Crippen molar-refractivity contribution in [1.29, 1.82) is 0 Å². The van der Waals surface area contributed by atoms with Crippen LogP contribution in [0.15, 0.2) is 24.3 Å². The molecule has 0 amide bonds. The van der Waals surface area contributed by atoms with E-state index in [-0.39, 0.29) is 6.61 Å². The summed E-state index contributed by atoms with van der Waals surface area (Å²) in [5, 5.41) is 12.7. The quantitative estimate of drug-likeness (QED) is 0.831. The van der Waals surface area contributed by atoms with E-state index in [1.807, 2.05) is 18.2 Å². The Morgan fingerprint density at radius 3 is 2.94 bits per heavy atom. The number of benzene rings is 1. The zero-order chi connectivity index (χ0) is 11.7. The predicted molar refractivity (Wildman–Crippen MR) is 69.0 cm³/mol. The van der Waals surface area contributed by atoms with Crippen molar-refractivity contribution in [3.8, 4) is 0 Å². The minimum atomic E-state index is 0.119. The Morgan fingerprint density at radius 1 is 1.29 bits per heavy atom. The van der Waals surface area contributed by atoms with Crippen molar-refractivity contribution in [2.75, 3.05) is 18.4 Å². The van der Waals surface area contributed by atoms with Gasteiger partial charge in [0.1, 0.15) is 0 Å². The van der Waals surface area contributed by atoms with Gasteiger partial charge in [-0.1, -0.05) is 12.1 Å². The largest absolute Gasteiger partial charge is 0.392 e. The van der Waals surface area contributed by atoms with Crippen molar-refractivity contribution in [1.82, 2.24) is 4.90 Å². The van der Waals surface area contributed by atoms with Crippen LogP contribution in [0.5, 0.6) is 0 Å². The van der Waals surface area contributed by atoms with Gasteiger partial charge in [0.05, 0.1) is 6.61 Å². The second-order valence-electron chi connectivity index (χ2n) is 5.21. The molecule has 0 bridgehead atoms. The Kier molecular flexibility index (Phi) is 3.04. The maximum atomic E-state index is 9.11. The summed E-state index contributed by atoms with van der Waals surface area (Å²) in [7, 11) is 0. The van der Waals surface area contributed by atoms with Crippen LogP contribution in [0.3, 0.4) is 0 Å². The third-order valence-corrected chi connectivity index (χ3v) is 3.76. The van der Waals surface area contributed by atoms with Crippen molar-refractivity contribution in [2.45, 2.75) is 38.0 Å². The first kappa shape index (κ1) is 11.1. The highest BCUT2D eigenvalue weighted by Gasteiger charge is 2.34. The van der Waals surface area contributed by atoms with E-state index in [1.165, 1.54) is 32.4 Å². The van der Waals surface area contributed by atoms with Crippen molar-refractivity contribution in [3.05, 3.63) is 29.8 Å². The molecule has 1 aliphatic heterocycles. The SMILES string of the molecule is OCc1cccc(NC2CCN(C3CC3)C2)c1. The molecular formula is C14H20N2O. The van der Waals surface area contributed by atoms with E-state index >= 15 is 0 Å². The van der Waals surface area contributed by atoms with E-state index in [2.05, 4.69) is 16.3 Å². The van der Waals surface area contributed by atoms with Crippen LogP contribution in [0.4, 0.5) is 5.69 Å². The fourth-order valence-corrected chi connectivity index (χ4v) is 2.67. The van der Waals surface area contributed by atoms with Crippen LogP contribution in [-0.2, 0) is 6.61 Å². The lowest BCUT2D eigenvalue weighted by molar-refractivity contribution is 0.282. The molecule has 1 aromatic carbocycles. The Labute approximate surface area is 102 Å². The Bertz CT molecular complexity index is 390. The third-order valence-electron chi connectivity index (χ3n) is 3.76. The van der Waals surface area contributed by atoms with Gasteiger partial charge in [-0.2, -0.15) is 0 Å². The summed E-state index contributed by atoms with van der Waals surface area (Å²) >= 11 is 0. The molecule has 0 spiro atoms. The molecule has 1 atom stereocenters. The number of nitrogens with zero attached hydrogens (tertiary/aromatic N) is 1. The molecule has 2 aliphatic rings. The molecule has 3 heteroatoms. The van der Waals surface area contributed by atoms with Gasteiger partial charge >= 0.3 is 0 Å². The van der Waals surface area contributed by atoms with Gasteiger partial charge in [-0.3, -0.25) is 4.90 Å². The number of anilines is 1. The van der Waals surface area contributed by atoms with Crippen LogP contribution in [0.25, 0.3) is 0 Å². The fraction of sp³-hybridized carbons (Fsp3) is 0.571. The number of likely N-dealkylation sites (tertiary alicyclic amines) is 1. The zero-order valence-corrected chi connectivity index (χ0v) is 10.1. The van der Waals surface area contributed by atoms with Crippen LogP contribution in [-0.4, -0.2) is 35.2 Å². The van der Waals surface area contributed by atoms with E-state index < -0.39 is 0 Å². The molecule has 1 unspecified atom stereocenters. The van der Waals surface area contributed by atoms with Crippen molar-refractivity contribution < 1.29 is 5.11 Å². The standard InChI is InChI=1S/C14H20N2O/c17-10-11-2-1-3-12(8-11)15-13-6-7-16(9-13)14-4-5-14/h1-3,8,13-15,17H,4-7,9-10H2. The van der Waals surface area contributed by atoms with Crippen LogP contribution in [0.1, 0.15) is 24.8 Å². The van der Waals surface area contributed by atoms with E-state index in [1.54, 1.807) is 0 Å². The monoisotopic (exact) mass is 232 g/mol. The fourth-order valence-electron chi connectivity index (χ4n) is 2.67. The Balaban J connectivity index is 1.59. The molecule has 2 N–H and O–H groups in total. The van der Waals surface area contributed by atoms with Gasteiger partial charge in [0.15, 0.2) is 0 Å². The van der Waals surface area contributed by atoms with Crippen molar-refractivity contribution >= 4 is 5.69 Å². The van der Waals surface area contributed by atoms with Gasteiger partial charge in [0.25, 0.3) is 0 Å². The highest BCUT2D eigenvalue weighted by molar-refractivity contribution is 5.46. The summed E-state index contributed by atoms with van der Waals surface area (Å²) in [6, 6.07) is 9.53. The molecule has 3 nitrogen and oxygen atoms in total. The first-order chi connectivity index (χ1) is 8.35. The van der Waals surface area contributed by atoms with Gasteiger partial charge in [-0.25, -0.2) is 0 Å². The Hall–Kier alpha value is -1.06. The van der Waals surface area contributed by atoms with Gasteiger partial charge < -0.3 is 10.4 Å². The first-order valence-electron chi connectivity index (χ1n) is 6.55. The number of aliphatic hydroxyl groups is 1. The molecule has 1 aliphatic carbocycles.